The lowest BCUT2D eigenvalue weighted by molar-refractivity contribution is 0.598. The van der Waals surface area contributed by atoms with E-state index in [2.05, 4.69) is 8.75 Å². The van der Waals surface area contributed by atoms with Gasteiger partial charge in [0.25, 0.3) is 0 Å². The number of aromatic nitrogens is 2. The smallest absolute Gasteiger partial charge is 0.240 e. The summed E-state index contributed by atoms with van der Waals surface area (Å²) in [5.74, 6) is 0. The molecule has 4 N–H and O–H groups in total. The molecule has 2 rings (SSSR count). The maximum atomic E-state index is 11.1. The molecule has 0 atom stereocenters. The summed E-state index contributed by atoms with van der Waals surface area (Å²) in [5, 5.41) is 5.00. The maximum absolute atomic E-state index is 11.1. The van der Waals surface area contributed by atoms with Crippen LogP contribution in [0.5, 0.6) is 0 Å². The maximum Gasteiger partial charge on any atom is 0.240 e. The Hall–Kier alpha value is -1.25. The second kappa shape index (κ2) is 2.87. The van der Waals surface area contributed by atoms with E-state index in [1.807, 2.05) is 0 Å². The van der Waals surface area contributed by atoms with Gasteiger partial charge in [0.15, 0.2) is 0 Å². The average molecular weight is 230 g/mol. The van der Waals surface area contributed by atoms with Crippen LogP contribution in [0, 0.1) is 0 Å². The third kappa shape index (κ3) is 1.33. The van der Waals surface area contributed by atoms with Gasteiger partial charge in [0.05, 0.1) is 17.4 Å². The molecule has 6 nitrogen and oxygen atoms in total. The second-order valence-electron chi connectivity index (χ2n) is 2.66. The molecule has 0 unspecified atom stereocenters. The summed E-state index contributed by atoms with van der Waals surface area (Å²) < 4.78 is 30.0. The lowest BCUT2D eigenvalue weighted by Gasteiger charge is -1.99. The van der Waals surface area contributed by atoms with Crippen LogP contribution in [-0.2, 0) is 10.0 Å². The van der Waals surface area contributed by atoms with Gasteiger partial charge in [-0.2, -0.15) is 8.75 Å². The van der Waals surface area contributed by atoms with E-state index in [0.29, 0.717) is 11.2 Å². The van der Waals surface area contributed by atoms with Crippen LogP contribution in [0.2, 0.25) is 0 Å². The first kappa shape index (κ1) is 9.31. The monoisotopic (exact) mass is 230 g/mol. The van der Waals surface area contributed by atoms with Gasteiger partial charge in [0, 0.05) is 0 Å². The van der Waals surface area contributed by atoms with Gasteiger partial charge in [0.2, 0.25) is 10.0 Å². The van der Waals surface area contributed by atoms with E-state index in [9.17, 15) is 8.42 Å². The van der Waals surface area contributed by atoms with Crippen molar-refractivity contribution in [2.45, 2.75) is 4.90 Å². The number of rotatable bonds is 1. The number of hydrogen-bond acceptors (Lipinski definition) is 6. The Bertz CT molecular complexity index is 589. The second-order valence-corrected chi connectivity index (χ2v) is 4.72. The van der Waals surface area contributed by atoms with Gasteiger partial charge in [-0.15, -0.1) is 0 Å². The SMILES string of the molecule is Nc1ccc(S(N)(=O)=O)c2nsnc12. The zero-order chi connectivity index (χ0) is 10.3. The van der Waals surface area contributed by atoms with Crippen molar-refractivity contribution in [2.24, 2.45) is 5.14 Å². The van der Waals surface area contributed by atoms with E-state index in [0.717, 1.165) is 11.7 Å². The molecule has 0 spiro atoms. The minimum atomic E-state index is -3.77. The fraction of sp³-hybridized carbons (Fsp3) is 0. The van der Waals surface area contributed by atoms with Gasteiger partial charge >= 0.3 is 0 Å². The lowest BCUT2D eigenvalue weighted by atomic mass is 10.3. The van der Waals surface area contributed by atoms with Crippen LogP contribution in [0.3, 0.4) is 0 Å². The summed E-state index contributed by atoms with van der Waals surface area (Å²) in [7, 11) is -3.77. The molecule has 0 aliphatic rings. The van der Waals surface area contributed by atoms with E-state index in [4.69, 9.17) is 10.9 Å². The van der Waals surface area contributed by atoms with Crippen LogP contribution in [-0.4, -0.2) is 17.2 Å². The topological polar surface area (TPSA) is 112 Å². The molecule has 0 bridgehead atoms. The molecule has 0 radical (unpaired) electrons. The van der Waals surface area contributed by atoms with Crippen molar-refractivity contribution in [1.82, 2.24) is 8.75 Å². The Balaban J connectivity index is 2.93. The average Bonchev–Trinajstić information content (AvgIpc) is 2.50. The van der Waals surface area contributed by atoms with Crippen LogP contribution in [0.15, 0.2) is 17.0 Å². The number of fused-ring (bicyclic) bond motifs is 1. The number of nitrogens with zero attached hydrogens (tertiary/aromatic N) is 2. The normalized spacial score (nSPS) is 12.1. The van der Waals surface area contributed by atoms with Gasteiger partial charge < -0.3 is 5.73 Å². The van der Waals surface area contributed by atoms with Gasteiger partial charge in [-0.1, -0.05) is 0 Å². The Labute approximate surface area is 83.9 Å². The van der Waals surface area contributed by atoms with Crippen LogP contribution >= 0.6 is 11.7 Å². The summed E-state index contributed by atoms with van der Waals surface area (Å²) in [6.07, 6.45) is 0. The molecule has 74 valence electrons. The van der Waals surface area contributed by atoms with E-state index in [-0.39, 0.29) is 10.4 Å². The van der Waals surface area contributed by atoms with Crippen molar-refractivity contribution in [3.8, 4) is 0 Å². The van der Waals surface area contributed by atoms with E-state index in [1.54, 1.807) is 0 Å². The van der Waals surface area contributed by atoms with Gasteiger partial charge in [-0.25, -0.2) is 13.6 Å². The number of nitrogen functional groups attached to an aromatic ring is 1. The van der Waals surface area contributed by atoms with Gasteiger partial charge in [0.1, 0.15) is 15.9 Å². The molecule has 0 amide bonds. The first-order valence-electron chi connectivity index (χ1n) is 3.53. The van der Waals surface area contributed by atoms with Crippen molar-refractivity contribution < 1.29 is 8.42 Å². The Morgan fingerprint density at radius 2 is 1.86 bits per heavy atom. The zero-order valence-corrected chi connectivity index (χ0v) is 8.47. The van der Waals surface area contributed by atoms with Crippen LogP contribution < -0.4 is 10.9 Å². The van der Waals surface area contributed by atoms with Crippen molar-refractivity contribution in [3.05, 3.63) is 12.1 Å². The number of benzene rings is 1. The van der Waals surface area contributed by atoms with Gasteiger partial charge in [-0.05, 0) is 12.1 Å². The minimum Gasteiger partial charge on any atom is -0.397 e. The molecular weight excluding hydrogens is 224 g/mol. The molecule has 8 heteroatoms. The summed E-state index contributed by atoms with van der Waals surface area (Å²) >= 11 is 0.897. The number of primary sulfonamides is 1. The lowest BCUT2D eigenvalue weighted by Crippen LogP contribution is -2.12. The van der Waals surface area contributed by atoms with Crippen molar-refractivity contribution in [2.75, 3.05) is 5.73 Å². The highest BCUT2D eigenvalue weighted by molar-refractivity contribution is 7.89. The third-order valence-electron chi connectivity index (χ3n) is 1.72. The number of anilines is 1. The Morgan fingerprint density at radius 1 is 1.21 bits per heavy atom. The first-order chi connectivity index (χ1) is 6.50. The van der Waals surface area contributed by atoms with E-state index < -0.39 is 10.0 Å². The zero-order valence-electron chi connectivity index (χ0n) is 6.84. The molecule has 0 aliphatic carbocycles. The summed E-state index contributed by atoms with van der Waals surface area (Å²) in [5.41, 5.74) is 6.58. The summed E-state index contributed by atoms with van der Waals surface area (Å²) in [6.45, 7) is 0. The Kier molecular flexibility index (Phi) is 1.91. The van der Waals surface area contributed by atoms with Crippen molar-refractivity contribution in [3.63, 3.8) is 0 Å². The Morgan fingerprint density at radius 3 is 2.50 bits per heavy atom. The molecule has 2 aromatic rings. The molecular formula is C6H6N4O2S2. The minimum absolute atomic E-state index is 0.0459. The molecule has 0 aliphatic heterocycles. The summed E-state index contributed by atoms with van der Waals surface area (Å²) in [6, 6.07) is 2.78. The van der Waals surface area contributed by atoms with Crippen LogP contribution in [0.1, 0.15) is 0 Å². The molecule has 1 aromatic heterocycles. The predicted molar refractivity (Wildman–Crippen MR) is 53.2 cm³/mol. The van der Waals surface area contributed by atoms with Crippen LogP contribution in [0.25, 0.3) is 11.0 Å². The van der Waals surface area contributed by atoms with Crippen molar-refractivity contribution in [1.29, 1.82) is 0 Å². The largest absolute Gasteiger partial charge is 0.397 e. The van der Waals surface area contributed by atoms with E-state index in [1.165, 1.54) is 12.1 Å². The predicted octanol–water partition coefficient (Wildman–Crippen LogP) is -0.0791. The quantitative estimate of drug-likeness (QED) is 0.665. The fourth-order valence-corrected chi connectivity index (χ4v) is 2.40. The molecule has 0 fully saturated rings. The first-order valence-corrected chi connectivity index (χ1v) is 5.81. The molecule has 0 saturated carbocycles. The molecule has 0 saturated heterocycles. The highest BCUT2D eigenvalue weighted by atomic mass is 32.2. The fourth-order valence-electron chi connectivity index (χ4n) is 1.09. The highest BCUT2D eigenvalue weighted by Crippen LogP contribution is 2.24. The van der Waals surface area contributed by atoms with Crippen LogP contribution in [0.4, 0.5) is 5.69 Å². The van der Waals surface area contributed by atoms with Gasteiger partial charge in [-0.3, -0.25) is 0 Å². The number of hydrogen-bond donors (Lipinski definition) is 2. The highest BCUT2D eigenvalue weighted by Gasteiger charge is 2.16. The summed E-state index contributed by atoms with van der Waals surface area (Å²) in [4.78, 5) is -0.0459. The number of sulfonamides is 1. The third-order valence-corrected chi connectivity index (χ3v) is 3.19. The molecule has 1 heterocycles. The van der Waals surface area contributed by atoms with Crippen molar-refractivity contribution >= 4 is 38.5 Å². The standard InChI is InChI=1S/C6H6N4O2S2/c7-3-1-2-4(14(8,11)12)6-5(3)9-13-10-6/h1-2H,7H2,(H2,8,11,12). The molecule has 1 aromatic carbocycles. The molecule has 14 heavy (non-hydrogen) atoms. The number of nitrogens with two attached hydrogens (primary N) is 2. The van der Waals surface area contributed by atoms with E-state index >= 15 is 0 Å².